The van der Waals surface area contributed by atoms with Gasteiger partial charge in [-0.15, -0.1) is 5.48 Å². The van der Waals surface area contributed by atoms with E-state index in [-0.39, 0.29) is 6.17 Å². The van der Waals surface area contributed by atoms with Gasteiger partial charge in [-0.25, -0.2) is 4.99 Å². The highest BCUT2D eigenvalue weighted by atomic mass is 16.7. The normalized spacial score (nSPS) is 17.6. The molecule has 1 unspecified atom stereocenters. The Morgan fingerprint density at radius 2 is 1.94 bits per heavy atom. The van der Waals surface area contributed by atoms with Crippen molar-refractivity contribution in [3.05, 3.63) is 29.8 Å². The van der Waals surface area contributed by atoms with Gasteiger partial charge in [0.15, 0.2) is 0 Å². The summed E-state index contributed by atoms with van der Waals surface area (Å²) in [5.41, 5.74) is 3.81. The summed E-state index contributed by atoms with van der Waals surface area (Å²) in [7, 11) is 1.65. The van der Waals surface area contributed by atoms with Gasteiger partial charge in [-0.05, 0) is 30.7 Å². The fraction of sp³-hybridized carbons (Fsp3) is 0.462. The molecule has 94 valence electrons. The lowest BCUT2D eigenvalue weighted by Gasteiger charge is -2.02. The number of nitrogens with zero attached hydrogens (tertiary/aromatic N) is 1. The number of methoxy groups -OCH3 is 1. The highest BCUT2D eigenvalue weighted by Gasteiger charge is 2.17. The molecule has 4 nitrogen and oxygen atoms in total. The molecule has 1 aliphatic rings. The first-order valence-electron chi connectivity index (χ1n) is 5.98. The SMILES string of the molecule is CC.CCC1N=C(c2ccc(OC)cc2)ON1. The minimum atomic E-state index is 0.0714. The van der Waals surface area contributed by atoms with Gasteiger partial charge in [0.2, 0.25) is 5.90 Å². The first-order valence-corrected chi connectivity index (χ1v) is 5.98. The molecule has 0 amide bonds. The summed E-state index contributed by atoms with van der Waals surface area (Å²) < 4.78 is 5.08. The van der Waals surface area contributed by atoms with Crippen molar-refractivity contribution < 1.29 is 9.57 Å². The van der Waals surface area contributed by atoms with Crippen LogP contribution in [0.25, 0.3) is 0 Å². The van der Waals surface area contributed by atoms with Crippen LogP contribution in [0.15, 0.2) is 29.3 Å². The predicted molar refractivity (Wildman–Crippen MR) is 69.2 cm³/mol. The van der Waals surface area contributed by atoms with Crippen LogP contribution in [-0.2, 0) is 4.84 Å². The molecule has 17 heavy (non-hydrogen) atoms. The van der Waals surface area contributed by atoms with Gasteiger partial charge in [0.1, 0.15) is 11.9 Å². The zero-order valence-electron chi connectivity index (χ0n) is 10.9. The molecule has 0 spiro atoms. The summed E-state index contributed by atoms with van der Waals surface area (Å²) in [5, 5.41) is 0. The van der Waals surface area contributed by atoms with E-state index >= 15 is 0 Å². The molecule has 0 fully saturated rings. The van der Waals surface area contributed by atoms with Crippen molar-refractivity contribution in [1.82, 2.24) is 5.48 Å². The topological polar surface area (TPSA) is 42.9 Å². The number of nitrogens with one attached hydrogen (secondary N) is 1. The molecule has 1 aromatic carbocycles. The van der Waals surface area contributed by atoms with Gasteiger partial charge in [0.05, 0.1) is 7.11 Å². The molecule has 1 heterocycles. The minimum Gasteiger partial charge on any atom is -0.497 e. The Morgan fingerprint density at radius 3 is 2.41 bits per heavy atom. The number of hydrogen-bond acceptors (Lipinski definition) is 4. The van der Waals surface area contributed by atoms with Gasteiger partial charge in [0.25, 0.3) is 0 Å². The van der Waals surface area contributed by atoms with Crippen molar-refractivity contribution in [1.29, 1.82) is 0 Å². The van der Waals surface area contributed by atoms with Crippen LogP contribution in [0.5, 0.6) is 5.75 Å². The van der Waals surface area contributed by atoms with Crippen LogP contribution in [-0.4, -0.2) is 19.2 Å². The maximum atomic E-state index is 5.28. The van der Waals surface area contributed by atoms with E-state index in [1.807, 2.05) is 38.1 Å². The van der Waals surface area contributed by atoms with Crippen LogP contribution in [0.4, 0.5) is 0 Å². The van der Waals surface area contributed by atoms with E-state index < -0.39 is 0 Å². The van der Waals surface area contributed by atoms with Crippen molar-refractivity contribution in [2.24, 2.45) is 4.99 Å². The Labute approximate surface area is 103 Å². The van der Waals surface area contributed by atoms with E-state index in [0.29, 0.717) is 5.90 Å². The van der Waals surface area contributed by atoms with Gasteiger partial charge in [-0.3, -0.25) is 0 Å². The molecule has 0 aliphatic carbocycles. The third-order valence-corrected chi connectivity index (χ3v) is 2.29. The summed E-state index contributed by atoms with van der Waals surface area (Å²) >= 11 is 0. The molecule has 0 bridgehead atoms. The second-order valence-electron chi connectivity index (χ2n) is 3.31. The van der Waals surface area contributed by atoms with E-state index in [4.69, 9.17) is 9.57 Å². The number of hydrogen-bond donors (Lipinski definition) is 1. The third-order valence-electron chi connectivity index (χ3n) is 2.29. The van der Waals surface area contributed by atoms with Gasteiger partial charge >= 0.3 is 0 Å². The zero-order chi connectivity index (χ0) is 12.7. The molecule has 0 saturated heterocycles. The first kappa shape index (κ1) is 13.5. The summed E-state index contributed by atoms with van der Waals surface area (Å²) in [6.45, 7) is 6.06. The van der Waals surface area contributed by atoms with Gasteiger partial charge < -0.3 is 9.57 Å². The van der Waals surface area contributed by atoms with Crippen LogP contribution in [0.1, 0.15) is 32.8 Å². The van der Waals surface area contributed by atoms with Gasteiger partial charge in [-0.1, -0.05) is 20.8 Å². The standard InChI is InChI=1S/C11H14N2O2.C2H6/c1-3-10-12-11(15-13-10)8-4-6-9(14-2)7-5-8;1-2/h4-7,10,13H,3H2,1-2H3;1-2H3. The number of ether oxygens (including phenoxy) is 1. The monoisotopic (exact) mass is 236 g/mol. The molecule has 0 saturated carbocycles. The number of benzene rings is 1. The van der Waals surface area contributed by atoms with E-state index in [0.717, 1.165) is 17.7 Å². The van der Waals surface area contributed by atoms with Gasteiger partial charge in [-0.2, -0.15) is 0 Å². The van der Waals surface area contributed by atoms with Crippen molar-refractivity contribution in [3.8, 4) is 5.75 Å². The zero-order valence-corrected chi connectivity index (χ0v) is 10.9. The average Bonchev–Trinajstić information content (AvgIpc) is 2.90. The largest absolute Gasteiger partial charge is 0.497 e. The Kier molecular flexibility index (Phi) is 5.49. The maximum absolute atomic E-state index is 5.28. The summed E-state index contributed by atoms with van der Waals surface area (Å²) in [6, 6.07) is 7.63. The second-order valence-corrected chi connectivity index (χ2v) is 3.31. The number of rotatable bonds is 3. The van der Waals surface area contributed by atoms with Crippen molar-refractivity contribution in [2.75, 3.05) is 7.11 Å². The molecule has 0 radical (unpaired) electrons. The molecule has 2 rings (SSSR count). The molecule has 4 heteroatoms. The molecule has 0 aromatic heterocycles. The molecular weight excluding hydrogens is 216 g/mol. The van der Waals surface area contributed by atoms with Crippen molar-refractivity contribution >= 4 is 5.90 Å². The quantitative estimate of drug-likeness (QED) is 0.877. The lowest BCUT2D eigenvalue weighted by Crippen LogP contribution is -2.20. The van der Waals surface area contributed by atoms with E-state index in [1.165, 1.54) is 0 Å². The average molecular weight is 236 g/mol. The maximum Gasteiger partial charge on any atom is 0.242 e. The van der Waals surface area contributed by atoms with E-state index in [1.54, 1.807) is 7.11 Å². The lowest BCUT2D eigenvalue weighted by atomic mass is 10.2. The molecule has 1 atom stereocenters. The molecule has 1 aromatic rings. The highest BCUT2D eigenvalue weighted by molar-refractivity contribution is 5.94. The Hall–Kier alpha value is -1.55. The van der Waals surface area contributed by atoms with Crippen LogP contribution in [0, 0.1) is 0 Å². The summed E-state index contributed by atoms with van der Waals surface area (Å²) in [6.07, 6.45) is 0.988. The Morgan fingerprint density at radius 1 is 1.29 bits per heavy atom. The minimum absolute atomic E-state index is 0.0714. The van der Waals surface area contributed by atoms with Crippen LogP contribution < -0.4 is 10.2 Å². The molecule has 1 aliphatic heterocycles. The highest BCUT2D eigenvalue weighted by Crippen LogP contribution is 2.15. The number of hydroxylamine groups is 1. The smallest absolute Gasteiger partial charge is 0.242 e. The fourth-order valence-electron chi connectivity index (χ4n) is 1.36. The van der Waals surface area contributed by atoms with Crippen LogP contribution in [0.2, 0.25) is 0 Å². The summed E-state index contributed by atoms with van der Waals surface area (Å²) in [4.78, 5) is 9.65. The van der Waals surface area contributed by atoms with Crippen molar-refractivity contribution in [3.63, 3.8) is 0 Å². The first-order chi connectivity index (χ1) is 8.33. The third kappa shape index (κ3) is 3.46. The lowest BCUT2D eigenvalue weighted by molar-refractivity contribution is 0.177. The summed E-state index contributed by atoms with van der Waals surface area (Å²) in [5.74, 6) is 1.47. The fourth-order valence-corrected chi connectivity index (χ4v) is 1.36. The van der Waals surface area contributed by atoms with Crippen LogP contribution >= 0.6 is 0 Å². The predicted octanol–water partition coefficient (Wildman–Crippen LogP) is 2.74. The second kappa shape index (κ2) is 6.91. The number of aliphatic imine (C=N–C) groups is 1. The Balaban J connectivity index is 0.000000686. The van der Waals surface area contributed by atoms with E-state index in [9.17, 15) is 0 Å². The molecular formula is C13H20N2O2. The van der Waals surface area contributed by atoms with Crippen LogP contribution in [0.3, 0.4) is 0 Å². The Bertz CT molecular complexity index is 360. The van der Waals surface area contributed by atoms with Gasteiger partial charge in [0, 0.05) is 5.56 Å². The van der Waals surface area contributed by atoms with E-state index in [2.05, 4.69) is 17.4 Å². The molecule has 1 N–H and O–H groups in total. The van der Waals surface area contributed by atoms with Crippen molar-refractivity contribution in [2.45, 2.75) is 33.4 Å².